The fourth-order valence-corrected chi connectivity index (χ4v) is 2.99. The van der Waals surface area contributed by atoms with Crippen LogP contribution in [0.3, 0.4) is 0 Å². The zero-order valence-electron chi connectivity index (χ0n) is 15.8. The molecule has 0 spiro atoms. The molecule has 1 aliphatic rings. The second kappa shape index (κ2) is 7.44. The van der Waals surface area contributed by atoms with Gasteiger partial charge in [-0.05, 0) is 58.7 Å². The molecular weight excluding hydrogens is 318 g/mol. The lowest BCUT2D eigenvalue weighted by Crippen LogP contribution is -2.08. The van der Waals surface area contributed by atoms with Crippen molar-refractivity contribution in [2.24, 2.45) is 0 Å². The molecule has 0 amide bonds. The van der Waals surface area contributed by atoms with Gasteiger partial charge in [0.15, 0.2) is 0 Å². The van der Waals surface area contributed by atoms with Gasteiger partial charge >= 0.3 is 0 Å². The third-order valence-electron chi connectivity index (χ3n) is 4.52. The Kier molecular flexibility index (Phi) is 5.08. The van der Waals surface area contributed by atoms with Crippen LogP contribution in [-0.4, -0.2) is 33.9 Å². The molecule has 0 atom stereocenters. The molecule has 132 valence electrons. The minimum atomic E-state index is 0.527. The van der Waals surface area contributed by atoms with Crippen molar-refractivity contribution in [3.8, 4) is 0 Å². The van der Waals surface area contributed by atoms with Gasteiger partial charge in [-0.1, -0.05) is 36.4 Å². The van der Waals surface area contributed by atoms with Gasteiger partial charge in [0.2, 0.25) is 0 Å². The lowest BCUT2D eigenvalue weighted by Gasteiger charge is -2.18. The van der Waals surface area contributed by atoms with Gasteiger partial charge in [-0.3, -0.25) is 0 Å². The summed E-state index contributed by atoms with van der Waals surface area (Å²) in [5.41, 5.74) is 7.53. The standard InChI is InChI=1S/C23H25N3/c1-25(2)21-13-7-18(8-14-21)23(17-5-11-20(24)12-6-17)19-9-15-22(16-10-19)26(3)4/h5-16,24H,1-4H3. The van der Waals surface area contributed by atoms with Crippen molar-refractivity contribution in [2.45, 2.75) is 0 Å². The maximum absolute atomic E-state index is 7.77. The number of anilines is 2. The maximum atomic E-state index is 7.77. The molecule has 26 heavy (non-hydrogen) atoms. The van der Waals surface area contributed by atoms with E-state index in [4.69, 9.17) is 5.41 Å². The van der Waals surface area contributed by atoms with E-state index in [9.17, 15) is 0 Å². The van der Waals surface area contributed by atoms with E-state index in [0.717, 1.165) is 5.57 Å². The molecule has 1 aliphatic carbocycles. The van der Waals surface area contributed by atoms with Crippen LogP contribution in [-0.2, 0) is 0 Å². The Balaban J connectivity index is 2.11. The number of rotatable bonds is 4. The van der Waals surface area contributed by atoms with Crippen LogP contribution in [0.4, 0.5) is 11.4 Å². The Morgan fingerprint density at radius 2 is 1.00 bits per heavy atom. The molecule has 2 aromatic rings. The molecule has 3 heteroatoms. The highest BCUT2D eigenvalue weighted by Crippen LogP contribution is 2.31. The maximum Gasteiger partial charge on any atom is 0.0540 e. The second-order valence-corrected chi connectivity index (χ2v) is 6.83. The van der Waals surface area contributed by atoms with Gasteiger partial charge in [0, 0.05) is 39.6 Å². The van der Waals surface area contributed by atoms with Crippen LogP contribution >= 0.6 is 0 Å². The first-order chi connectivity index (χ1) is 12.5. The molecule has 0 unspecified atom stereocenters. The highest BCUT2D eigenvalue weighted by molar-refractivity contribution is 6.05. The van der Waals surface area contributed by atoms with Crippen molar-refractivity contribution in [1.29, 1.82) is 5.41 Å². The van der Waals surface area contributed by atoms with Crippen LogP contribution in [0.5, 0.6) is 0 Å². The smallest absolute Gasteiger partial charge is 0.0540 e. The quantitative estimate of drug-likeness (QED) is 0.867. The molecular formula is C23H25N3. The van der Waals surface area contributed by atoms with E-state index in [-0.39, 0.29) is 0 Å². The normalized spacial score (nSPS) is 13.1. The van der Waals surface area contributed by atoms with Crippen LogP contribution in [0.1, 0.15) is 11.1 Å². The summed E-state index contributed by atoms with van der Waals surface area (Å²) in [6.45, 7) is 0. The van der Waals surface area contributed by atoms with E-state index in [1.807, 2.05) is 52.5 Å². The third-order valence-corrected chi connectivity index (χ3v) is 4.52. The van der Waals surface area contributed by atoms with Crippen LogP contribution < -0.4 is 9.80 Å². The van der Waals surface area contributed by atoms with Gasteiger partial charge in [-0.25, -0.2) is 0 Å². The average molecular weight is 343 g/mol. The second-order valence-electron chi connectivity index (χ2n) is 6.83. The number of allylic oxidation sites excluding steroid dienone is 5. The predicted molar refractivity (Wildman–Crippen MR) is 114 cm³/mol. The molecule has 0 saturated carbocycles. The van der Waals surface area contributed by atoms with Gasteiger partial charge < -0.3 is 15.2 Å². The summed E-state index contributed by atoms with van der Waals surface area (Å²) in [5.74, 6) is 0. The number of hydrogen-bond donors (Lipinski definition) is 1. The van der Waals surface area contributed by atoms with Gasteiger partial charge in [-0.15, -0.1) is 0 Å². The van der Waals surface area contributed by atoms with Crippen molar-refractivity contribution >= 4 is 22.7 Å². The van der Waals surface area contributed by atoms with Crippen LogP contribution in [0, 0.1) is 5.41 Å². The molecule has 3 nitrogen and oxygen atoms in total. The Labute approximate surface area is 156 Å². The van der Waals surface area contributed by atoms with Crippen LogP contribution in [0.15, 0.2) is 78.4 Å². The van der Waals surface area contributed by atoms with E-state index in [1.54, 1.807) is 0 Å². The molecule has 0 aromatic heterocycles. The first-order valence-corrected chi connectivity index (χ1v) is 8.70. The Morgan fingerprint density at radius 1 is 0.615 bits per heavy atom. The highest BCUT2D eigenvalue weighted by Gasteiger charge is 2.12. The van der Waals surface area contributed by atoms with Gasteiger partial charge in [0.1, 0.15) is 0 Å². The van der Waals surface area contributed by atoms with E-state index in [2.05, 4.69) is 58.3 Å². The Hall–Kier alpha value is -3.07. The summed E-state index contributed by atoms with van der Waals surface area (Å²) >= 11 is 0. The average Bonchev–Trinajstić information content (AvgIpc) is 2.64. The number of nitrogens with one attached hydrogen (secondary N) is 1. The summed E-state index contributed by atoms with van der Waals surface area (Å²) in [5, 5.41) is 7.77. The fraction of sp³-hybridized carbons (Fsp3) is 0.174. The zero-order chi connectivity index (χ0) is 18.7. The van der Waals surface area contributed by atoms with Crippen LogP contribution in [0.25, 0.3) is 5.57 Å². The van der Waals surface area contributed by atoms with Gasteiger partial charge in [-0.2, -0.15) is 0 Å². The largest absolute Gasteiger partial charge is 0.378 e. The Bertz CT molecular complexity index is 809. The summed E-state index contributed by atoms with van der Waals surface area (Å²) in [7, 11) is 8.19. The lowest BCUT2D eigenvalue weighted by atomic mass is 9.90. The first kappa shape index (κ1) is 17.7. The van der Waals surface area contributed by atoms with Crippen molar-refractivity contribution in [1.82, 2.24) is 0 Å². The fourth-order valence-electron chi connectivity index (χ4n) is 2.99. The molecule has 0 aliphatic heterocycles. The minimum Gasteiger partial charge on any atom is -0.378 e. The molecule has 0 radical (unpaired) electrons. The van der Waals surface area contributed by atoms with Gasteiger partial charge in [0.25, 0.3) is 0 Å². The summed E-state index contributed by atoms with van der Waals surface area (Å²) in [6.07, 6.45) is 7.74. The van der Waals surface area contributed by atoms with Crippen molar-refractivity contribution in [2.75, 3.05) is 38.0 Å². The molecule has 0 heterocycles. The number of benzene rings is 2. The van der Waals surface area contributed by atoms with E-state index in [1.165, 1.54) is 28.1 Å². The molecule has 0 saturated heterocycles. The SMILES string of the molecule is CN(C)c1ccc(C(=C2C=CC(=N)C=C2)c2ccc(N(C)C)cc2)cc1. The van der Waals surface area contributed by atoms with E-state index < -0.39 is 0 Å². The van der Waals surface area contributed by atoms with Crippen molar-refractivity contribution in [3.63, 3.8) is 0 Å². The molecule has 0 fully saturated rings. The lowest BCUT2D eigenvalue weighted by molar-refractivity contribution is 1.13. The zero-order valence-corrected chi connectivity index (χ0v) is 15.8. The molecule has 3 rings (SSSR count). The van der Waals surface area contributed by atoms with Crippen molar-refractivity contribution < 1.29 is 0 Å². The predicted octanol–water partition coefficient (Wildman–Crippen LogP) is 4.77. The first-order valence-electron chi connectivity index (χ1n) is 8.70. The topological polar surface area (TPSA) is 30.3 Å². The summed E-state index contributed by atoms with van der Waals surface area (Å²) < 4.78 is 0. The summed E-state index contributed by atoms with van der Waals surface area (Å²) in [4.78, 5) is 4.20. The number of hydrogen-bond acceptors (Lipinski definition) is 3. The molecule has 2 aromatic carbocycles. The monoisotopic (exact) mass is 343 g/mol. The Morgan fingerprint density at radius 3 is 1.35 bits per heavy atom. The number of nitrogens with zero attached hydrogens (tertiary/aromatic N) is 2. The highest BCUT2D eigenvalue weighted by atomic mass is 15.1. The van der Waals surface area contributed by atoms with Gasteiger partial charge in [0.05, 0.1) is 5.71 Å². The minimum absolute atomic E-state index is 0.527. The van der Waals surface area contributed by atoms with E-state index >= 15 is 0 Å². The van der Waals surface area contributed by atoms with E-state index in [0.29, 0.717) is 5.71 Å². The third kappa shape index (κ3) is 3.77. The molecule has 0 bridgehead atoms. The van der Waals surface area contributed by atoms with Crippen molar-refractivity contribution in [3.05, 3.63) is 89.5 Å². The van der Waals surface area contributed by atoms with Crippen LogP contribution in [0.2, 0.25) is 0 Å². The summed E-state index contributed by atoms with van der Waals surface area (Å²) in [6, 6.07) is 17.2. The molecule has 1 N–H and O–H groups in total.